The van der Waals surface area contributed by atoms with Crippen molar-refractivity contribution in [3.05, 3.63) is 84.6 Å². The molecule has 0 saturated carbocycles. The molecule has 0 bridgehead atoms. The first-order valence-corrected chi connectivity index (χ1v) is 10.8. The van der Waals surface area contributed by atoms with E-state index in [4.69, 9.17) is 28.3 Å². The Morgan fingerprint density at radius 3 is 2.50 bits per heavy atom. The molecule has 3 aromatic rings. The van der Waals surface area contributed by atoms with Crippen LogP contribution in [0.1, 0.15) is 25.0 Å². The molecule has 176 valence electrons. The van der Waals surface area contributed by atoms with E-state index in [2.05, 4.69) is 4.74 Å². The predicted octanol–water partition coefficient (Wildman–Crippen LogP) is 3.67. The van der Waals surface area contributed by atoms with Gasteiger partial charge in [0, 0.05) is 12.7 Å². The summed E-state index contributed by atoms with van der Waals surface area (Å²) in [5.74, 6) is -0.680. The Balaban J connectivity index is 1.93. The third kappa shape index (κ3) is 3.76. The minimum Gasteiger partial charge on any atom is -0.449 e. The average Bonchev–Trinajstić information content (AvgIpc) is 2.95. The third-order valence-corrected chi connectivity index (χ3v) is 6.69. The van der Waals surface area contributed by atoms with Crippen molar-refractivity contribution >= 4 is 41.0 Å². The van der Waals surface area contributed by atoms with E-state index in [-0.39, 0.29) is 22.5 Å². The summed E-state index contributed by atoms with van der Waals surface area (Å²) >= 11 is 12.3. The maximum absolute atomic E-state index is 13.4. The Morgan fingerprint density at radius 2 is 1.82 bits per heavy atom. The zero-order chi connectivity index (χ0) is 24.9. The molecule has 9 nitrogen and oxygen atoms in total. The molecule has 0 atom stereocenters. The normalized spacial score (nSPS) is 14.3. The number of nitrogens with zero attached hydrogens (tertiary/aromatic N) is 3. The molecule has 1 N–H and O–H groups in total. The number of carbonyl (C=O) groups excluding carboxylic acids is 1. The molecular formula is C23H19Cl2N3O6. The Hall–Kier alpha value is -3.56. The van der Waals surface area contributed by atoms with Crippen LogP contribution in [0.15, 0.2) is 52.2 Å². The lowest BCUT2D eigenvalue weighted by molar-refractivity contribution is -0.121. The van der Waals surface area contributed by atoms with E-state index in [9.17, 15) is 19.2 Å². The number of carbonyl (C=O) groups is 2. The van der Waals surface area contributed by atoms with Gasteiger partial charge >= 0.3 is 11.8 Å². The molecule has 1 aliphatic rings. The third-order valence-electron chi connectivity index (χ3n) is 5.83. The van der Waals surface area contributed by atoms with E-state index >= 15 is 0 Å². The summed E-state index contributed by atoms with van der Waals surface area (Å²) in [6.45, 7) is 3.27. The molecule has 0 aliphatic carbocycles. The van der Waals surface area contributed by atoms with Gasteiger partial charge in [-0.3, -0.25) is 18.7 Å². The Bertz CT molecular complexity index is 1470. The summed E-state index contributed by atoms with van der Waals surface area (Å²) in [5, 5.41) is 9.49. The van der Waals surface area contributed by atoms with Crippen molar-refractivity contribution in [2.24, 2.45) is 0 Å². The number of fused-ring (bicyclic) bond motifs is 1. The van der Waals surface area contributed by atoms with E-state index in [0.717, 1.165) is 15.3 Å². The molecule has 0 radical (unpaired) electrons. The summed E-state index contributed by atoms with van der Waals surface area (Å²) in [5.41, 5.74) is -0.470. The Kier molecular flexibility index (Phi) is 5.79. The van der Waals surface area contributed by atoms with Crippen LogP contribution in [0.3, 0.4) is 0 Å². The monoisotopic (exact) mass is 503 g/mol. The van der Waals surface area contributed by atoms with Gasteiger partial charge in [0.2, 0.25) is 11.7 Å². The molecule has 1 amide bonds. The maximum Gasteiger partial charge on any atom is 0.511 e. The number of halogens is 2. The molecule has 1 aromatic heterocycles. The van der Waals surface area contributed by atoms with Crippen LogP contribution in [0, 0.1) is 0 Å². The van der Waals surface area contributed by atoms with Gasteiger partial charge in [-0.1, -0.05) is 35.3 Å². The molecule has 4 rings (SSSR count). The number of benzene rings is 2. The number of hydrogen-bond donors (Lipinski definition) is 1. The van der Waals surface area contributed by atoms with Crippen LogP contribution in [0.4, 0.5) is 10.5 Å². The van der Waals surface area contributed by atoms with Crippen molar-refractivity contribution in [2.45, 2.75) is 25.8 Å². The van der Waals surface area contributed by atoms with Gasteiger partial charge in [0.25, 0.3) is 5.56 Å². The zero-order valence-electron chi connectivity index (χ0n) is 18.3. The minimum atomic E-state index is -1.71. The van der Waals surface area contributed by atoms with Gasteiger partial charge in [0.15, 0.2) is 0 Å². The second-order valence-electron chi connectivity index (χ2n) is 8.31. The largest absolute Gasteiger partial charge is 0.511 e. The van der Waals surface area contributed by atoms with Crippen LogP contribution in [0.5, 0.6) is 5.75 Å². The number of anilines is 1. The van der Waals surface area contributed by atoms with Gasteiger partial charge < -0.3 is 14.7 Å². The first-order chi connectivity index (χ1) is 15.9. The van der Waals surface area contributed by atoms with Crippen molar-refractivity contribution < 1.29 is 19.4 Å². The molecular weight excluding hydrogens is 485 g/mol. The van der Waals surface area contributed by atoms with Crippen molar-refractivity contribution in [1.29, 1.82) is 0 Å². The van der Waals surface area contributed by atoms with Crippen molar-refractivity contribution in [3.63, 3.8) is 0 Å². The fourth-order valence-electron chi connectivity index (χ4n) is 4.02. The van der Waals surface area contributed by atoms with Gasteiger partial charge in [-0.2, -0.15) is 0 Å². The summed E-state index contributed by atoms with van der Waals surface area (Å²) < 4.78 is 6.57. The number of aromatic nitrogens is 2. The number of hydrogen-bond acceptors (Lipinski definition) is 5. The van der Waals surface area contributed by atoms with E-state index in [1.165, 1.54) is 4.90 Å². The molecule has 0 fully saturated rings. The van der Waals surface area contributed by atoms with Gasteiger partial charge in [-0.05, 0) is 49.2 Å². The second kappa shape index (κ2) is 8.34. The highest BCUT2D eigenvalue weighted by Crippen LogP contribution is 2.41. The van der Waals surface area contributed by atoms with Crippen LogP contribution in [0.25, 0.3) is 5.69 Å². The van der Waals surface area contributed by atoms with Crippen molar-refractivity contribution in [3.8, 4) is 11.4 Å². The first-order valence-electron chi connectivity index (χ1n) is 10.1. The van der Waals surface area contributed by atoms with Crippen LogP contribution in [0.2, 0.25) is 10.0 Å². The second-order valence-corrected chi connectivity index (χ2v) is 9.09. The lowest BCUT2D eigenvalue weighted by atomic mass is 9.86. The lowest BCUT2D eigenvalue weighted by Crippen LogP contribution is -2.40. The van der Waals surface area contributed by atoms with Gasteiger partial charge in [0.05, 0.1) is 33.9 Å². The van der Waals surface area contributed by atoms with Gasteiger partial charge in [-0.25, -0.2) is 9.59 Å². The summed E-state index contributed by atoms with van der Waals surface area (Å²) in [6.07, 6.45) is -0.693. The maximum atomic E-state index is 13.4. The molecule has 2 heterocycles. The average molecular weight is 504 g/mol. The number of carboxylic acid groups (broad SMARTS) is 1. The van der Waals surface area contributed by atoms with Crippen LogP contribution >= 0.6 is 23.2 Å². The number of ether oxygens (including phenoxy) is 1. The number of likely N-dealkylation sites (N-methyl/N-ethyl adjacent to an activating group) is 1. The topological polar surface area (TPSA) is 111 Å². The molecule has 1 aliphatic heterocycles. The van der Waals surface area contributed by atoms with E-state index in [0.29, 0.717) is 22.5 Å². The standard InChI is InChI=1S/C23H19Cl2N3O6/c1-23(2)14-9-13(7-8-16(14)26(3)20(23)30)27-11-17(34-22(32)33)19(29)28(21(27)31)10-12-5-4-6-15(24)18(12)25/h4-9,11H,10H2,1-3H3,(H,32,33). The minimum absolute atomic E-state index is 0.109. The summed E-state index contributed by atoms with van der Waals surface area (Å²) in [6, 6.07) is 9.70. The highest BCUT2D eigenvalue weighted by molar-refractivity contribution is 6.42. The predicted molar refractivity (Wildman–Crippen MR) is 127 cm³/mol. The fraction of sp³-hybridized carbons (Fsp3) is 0.217. The number of rotatable bonds is 4. The van der Waals surface area contributed by atoms with Crippen molar-refractivity contribution in [2.75, 3.05) is 11.9 Å². The quantitative estimate of drug-likeness (QED) is 0.543. The fourth-order valence-corrected chi connectivity index (χ4v) is 4.40. The number of amides is 1. The van der Waals surface area contributed by atoms with Crippen LogP contribution in [-0.2, 0) is 16.8 Å². The lowest BCUT2D eigenvalue weighted by Gasteiger charge is -2.17. The molecule has 0 unspecified atom stereocenters. The van der Waals surface area contributed by atoms with Gasteiger partial charge in [-0.15, -0.1) is 0 Å². The molecule has 0 spiro atoms. The highest BCUT2D eigenvalue weighted by Gasteiger charge is 2.42. The Morgan fingerprint density at radius 1 is 1.12 bits per heavy atom. The smallest absolute Gasteiger partial charge is 0.449 e. The van der Waals surface area contributed by atoms with Crippen molar-refractivity contribution in [1.82, 2.24) is 9.13 Å². The first kappa shape index (κ1) is 23.6. The Labute approximate surface area is 203 Å². The SMILES string of the molecule is CN1C(=O)C(C)(C)c2cc(-n3cc(OC(=O)O)c(=O)n(Cc4cccc(Cl)c4Cl)c3=O)ccc21. The molecule has 11 heteroatoms. The van der Waals surface area contributed by atoms with E-state index in [1.54, 1.807) is 57.3 Å². The highest BCUT2D eigenvalue weighted by atomic mass is 35.5. The molecule has 34 heavy (non-hydrogen) atoms. The molecule has 0 saturated heterocycles. The molecule has 2 aromatic carbocycles. The van der Waals surface area contributed by atoms with Gasteiger partial charge in [0.1, 0.15) is 0 Å². The summed E-state index contributed by atoms with van der Waals surface area (Å²) in [7, 11) is 1.66. The van der Waals surface area contributed by atoms with Crippen LogP contribution in [-0.4, -0.2) is 33.4 Å². The zero-order valence-corrected chi connectivity index (χ0v) is 19.8. The van der Waals surface area contributed by atoms with Crippen LogP contribution < -0.4 is 20.9 Å². The van der Waals surface area contributed by atoms with E-state index < -0.39 is 28.6 Å². The summed E-state index contributed by atoms with van der Waals surface area (Å²) in [4.78, 5) is 51.7. The van der Waals surface area contributed by atoms with E-state index in [1.807, 2.05) is 0 Å².